The molecule has 8 nitrogen and oxygen atoms in total. The van der Waals surface area contributed by atoms with Crippen molar-refractivity contribution in [2.75, 3.05) is 14.2 Å². The van der Waals surface area contributed by atoms with Crippen LogP contribution in [0.15, 0.2) is 57.5 Å². The first-order valence-electron chi connectivity index (χ1n) is 13.7. The SMILES string of the molecule is COC(=O)C1=C(C)N=c2s/c(=C\c3cc(C(C)(C)C)c(OC(C)=O)c(C(C)(C)C)c3)c(=O)n2C1c1ccc(OC)cc1. The minimum Gasteiger partial charge on any atom is -0.497 e. The molecule has 4 rings (SSSR count). The van der Waals surface area contributed by atoms with Gasteiger partial charge in [-0.05, 0) is 59.2 Å². The quantitative estimate of drug-likeness (QED) is 0.309. The smallest absolute Gasteiger partial charge is 0.338 e. The van der Waals surface area contributed by atoms with E-state index in [1.165, 1.54) is 25.4 Å². The summed E-state index contributed by atoms with van der Waals surface area (Å²) in [4.78, 5) is 44.2. The van der Waals surface area contributed by atoms with Crippen molar-refractivity contribution in [1.82, 2.24) is 4.57 Å². The lowest BCUT2D eigenvalue weighted by atomic mass is 9.78. The molecule has 1 aliphatic rings. The molecule has 0 saturated carbocycles. The standard InChI is InChI=1S/C33H38N2O6S/c1-18-26(30(38)40-10)27(21-11-13-22(39-9)14-12-21)35-29(37)25(42-31(35)34-18)17-20-15-23(32(3,4)5)28(41-19(2)36)24(16-20)33(6,7)8/h11-17,27H,1-10H3/b25-17-. The predicted octanol–water partition coefficient (Wildman–Crippen LogP) is 4.94. The lowest BCUT2D eigenvalue weighted by Crippen LogP contribution is -2.39. The maximum atomic E-state index is 14.1. The van der Waals surface area contributed by atoms with Gasteiger partial charge in [-0.2, -0.15) is 0 Å². The molecule has 1 aliphatic heterocycles. The second-order valence-electron chi connectivity index (χ2n) is 12.4. The van der Waals surface area contributed by atoms with Crippen LogP contribution in [0.25, 0.3) is 6.08 Å². The number of methoxy groups -OCH3 is 2. The monoisotopic (exact) mass is 590 g/mol. The van der Waals surface area contributed by atoms with E-state index in [4.69, 9.17) is 14.2 Å². The number of aromatic nitrogens is 1. The third-order valence-corrected chi connectivity index (χ3v) is 8.11. The minimum atomic E-state index is -0.719. The molecule has 1 unspecified atom stereocenters. The van der Waals surface area contributed by atoms with E-state index < -0.39 is 12.0 Å². The van der Waals surface area contributed by atoms with E-state index in [1.807, 2.05) is 30.3 Å². The molecule has 0 bridgehead atoms. The fourth-order valence-electron chi connectivity index (χ4n) is 5.05. The normalized spacial score (nSPS) is 15.7. The van der Waals surface area contributed by atoms with Crippen LogP contribution in [0.2, 0.25) is 0 Å². The number of ether oxygens (including phenoxy) is 3. The Labute approximate surface area is 250 Å². The van der Waals surface area contributed by atoms with Gasteiger partial charge in [0.2, 0.25) is 0 Å². The number of esters is 2. The highest BCUT2D eigenvalue weighted by atomic mass is 32.1. The van der Waals surface area contributed by atoms with Crippen LogP contribution in [0.4, 0.5) is 0 Å². The average molecular weight is 591 g/mol. The van der Waals surface area contributed by atoms with Gasteiger partial charge in [-0.15, -0.1) is 0 Å². The van der Waals surface area contributed by atoms with E-state index in [0.29, 0.717) is 32.1 Å². The number of fused-ring (bicyclic) bond motifs is 1. The molecule has 0 amide bonds. The summed E-state index contributed by atoms with van der Waals surface area (Å²) in [5, 5.41) is 0. The number of hydrogen-bond donors (Lipinski definition) is 0. The Hall–Kier alpha value is -3.98. The summed E-state index contributed by atoms with van der Waals surface area (Å²) < 4.78 is 18.2. The highest BCUT2D eigenvalue weighted by Gasteiger charge is 2.33. The molecule has 42 heavy (non-hydrogen) atoms. The van der Waals surface area contributed by atoms with Gasteiger partial charge in [0.15, 0.2) is 4.80 Å². The molecule has 1 atom stereocenters. The molecule has 9 heteroatoms. The predicted molar refractivity (Wildman–Crippen MR) is 164 cm³/mol. The molecule has 222 valence electrons. The van der Waals surface area contributed by atoms with Crippen molar-refractivity contribution in [3.63, 3.8) is 0 Å². The third kappa shape index (κ3) is 5.97. The van der Waals surface area contributed by atoms with Crippen LogP contribution in [0.3, 0.4) is 0 Å². The Balaban J connectivity index is 2.00. The average Bonchev–Trinajstić information content (AvgIpc) is 3.20. The number of thiazole rings is 1. The van der Waals surface area contributed by atoms with Crippen molar-refractivity contribution < 1.29 is 23.8 Å². The van der Waals surface area contributed by atoms with Crippen LogP contribution in [-0.2, 0) is 25.2 Å². The van der Waals surface area contributed by atoms with Gasteiger partial charge in [0.1, 0.15) is 11.5 Å². The second kappa shape index (κ2) is 11.4. The van der Waals surface area contributed by atoms with Gasteiger partial charge in [-0.3, -0.25) is 14.2 Å². The highest BCUT2D eigenvalue weighted by molar-refractivity contribution is 7.07. The summed E-state index contributed by atoms with van der Waals surface area (Å²) in [5.41, 5.74) is 3.10. The number of rotatable bonds is 5. The zero-order valence-corrected chi connectivity index (χ0v) is 26.7. The Bertz CT molecular complexity index is 1730. The number of carbonyl (C=O) groups is 2. The van der Waals surface area contributed by atoms with Crippen LogP contribution in [0.1, 0.15) is 83.7 Å². The molecule has 0 radical (unpaired) electrons. The number of carbonyl (C=O) groups excluding carboxylic acids is 2. The van der Waals surface area contributed by atoms with Crippen molar-refractivity contribution in [2.45, 2.75) is 72.3 Å². The van der Waals surface area contributed by atoms with Crippen LogP contribution in [0.5, 0.6) is 11.5 Å². The molecule has 0 saturated heterocycles. The second-order valence-corrected chi connectivity index (χ2v) is 13.4. The van der Waals surface area contributed by atoms with E-state index in [1.54, 1.807) is 30.7 Å². The lowest BCUT2D eigenvalue weighted by molar-refractivity contribution is -0.136. The largest absolute Gasteiger partial charge is 0.497 e. The fraction of sp³-hybridized carbons (Fsp3) is 0.394. The first kappa shape index (κ1) is 31.0. The first-order chi connectivity index (χ1) is 19.6. The first-order valence-corrected chi connectivity index (χ1v) is 14.5. The van der Waals surface area contributed by atoms with Gasteiger partial charge in [0.05, 0.1) is 36.1 Å². The summed E-state index contributed by atoms with van der Waals surface area (Å²) in [5.74, 6) is 0.284. The number of nitrogens with zero attached hydrogens (tertiary/aromatic N) is 2. The zero-order chi connectivity index (χ0) is 31.1. The summed E-state index contributed by atoms with van der Waals surface area (Å²) >= 11 is 1.26. The van der Waals surface area contributed by atoms with Crippen LogP contribution < -0.4 is 24.4 Å². The molecule has 1 aromatic heterocycles. The Morgan fingerprint density at radius 1 is 0.976 bits per heavy atom. The zero-order valence-electron chi connectivity index (χ0n) is 25.9. The molecule has 0 aliphatic carbocycles. The maximum Gasteiger partial charge on any atom is 0.338 e. The molecule has 3 aromatic rings. The van der Waals surface area contributed by atoms with Crippen molar-refractivity contribution in [3.05, 3.63) is 89.6 Å². The van der Waals surface area contributed by atoms with Gasteiger partial charge in [-0.25, -0.2) is 9.79 Å². The number of allylic oxidation sites excluding steroid dienone is 1. The van der Waals surface area contributed by atoms with E-state index in [2.05, 4.69) is 46.5 Å². The van der Waals surface area contributed by atoms with Gasteiger partial charge in [0, 0.05) is 18.1 Å². The van der Waals surface area contributed by atoms with Gasteiger partial charge in [0.25, 0.3) is 5.56 Å². The summed E-state index contributed by atoms with van der Waals surface area (Å²) in [6.45, 7) is 15.5. The van der Waals surface area contributed by atoms with E-state index >= 15 is 0 Å². The Kier molecular flexibility index (Phi) is 8.38. The van der Waals surface area contributed by atoms with Crippen molar-refractivity contribution in [2.24, 2.45) is 4.99 Å². The summed E-state index contributed by atoms with van der Waals surface area (Å²) in [6.07, 6.45) is 1.84. The summed E-state index contributed by atoms with van der Waals surface area (Å²) in [6, 6.07) is 10.5. The van der Waals surface area contributed by atoms with E-state index in [0.717, 1.165) is 22.3 Å². The molecule has 0 N–H and O–H groups in total. The van der Waals surface area contributed by atoms with Gasteiger partial charge in [-0.1, -0.05) is 65.0 Å². The molecule has 0 fully saturated rings. The van der Waals surface area contributed by atoms with E-state index in [-0.39, 0.29) is 22.4 Å². The molecule has 2 heterocycles. The molecule has 0 spiro atoms. The van der Waals surface area contributed by atoms with Crippen LogP contribution >= 0.6 is 11.3 Å². The van der Waals surface area contributed by atoms with Crippen molar-refractivity contribution in [1.29, 1.82) is 0 Å². The lowest BCUT2D eigenvalue weighted by Gasteiger charge is -2.29. The Morgan fingerprint density at radius 2 is 1.55 bits per heavy atom. The van der Waals surface area contributed by atoms with Gasteiger partial charge >= 0.3 is 11.9 Å². The maximum absolute atomic E-state index is 14.1. The van der Waals surface area contributed by atoms with Crippen LogP contribution in [-0.4, -0.2) is 30.7 Å². The minimum absolute atomic E-state index is 0.271. The van der Waals surface area contributed by atoms with Gasteiger partial charge < -0.3 is 14.2 Å². The van der Waals surface area contributed by atoms with E-state index in [9.17, 15) is 14.4 Å². The fourth-order valence-corrected chi connectivity index (χ4v) is 6.09. The summed E-state index contributed by atoms with van der Waals surface area (Å²) in [7, 11) is 2.90. The third-order valence-electron chi connectivity index (χ3n) is 7.13. The Morgan fingerprint density at radius 3 is 2.02 bits per heavy atom. The van der Waals surface area contributed by atoms with Crippen molar-refractivity contribution >= 4 is 29.4 Å². The number of benzene rings is 2. The number of hydrogen-bond acceptors (Lipinski definition) is 8. The van der Waals surface area contributed by atoms with Crippen LogP contribution in [0, 0.1) is 0 Å². The molecule has 2 aromatic carbocycles. The highest BCUT2D eigenvalue weighted by Crippen LogP contribution is 2.41. The van der Waals surface area contributed by atoms with Crippen molar-refractivity contribution in [3.8, 4) is 11.5 Å². The topological polar surface area (TPSA) is 96.2 Å². The molecular formula is C33H38N2O6S. The molecular weight excluding hydrogens is 552 g/mol.